The number of rotatable bonds is 5. The normalized spacial score (nSPS) is 16.7. The molecule has 0 atom stereocenters. The highest BCUT2D eigenvalue weighted by molar-refractivity contribution is 5.67. The molecule has 0 amide bonds. The van der Waals surface area contributed by atoms with Gasteiger partial charge < -0.3 is 10.6 Å². The molecule has 0 unspecified atom stereocenters. The molecule has 0 aliphatic carbocycles. The van der Waals surface area contributed by atoms with Crippen molar-refractivity contribution in [3.8, 4) is 6.07 Å². The lowest BCUT2D eigenvalue weighted by Gasteiger charge is -2.36. The molecule has 1 saturated heterocycles. The van der Waals surface area contributed by atoms with E-state index in [1.165, 1.54) is 0 Å². The fraction of sp³-hybridized carbons (Fsp3) is 0.588. The highest BCUT2D eigenvalue weighted by Gasteiger charge is 2.20. The van der Waals surface area contributed by atoms with Crippen molar-refractivity contribution in [1.29, 1.82) is 5.26 Å². The van der Waals surface area contributed by atoms with Crippen LogP contribution in [0.3, 0.4) is 0 Å². The molecule has 0 radical (unpaired) electrons. The lowest BCUT2D eigenvalue weighted by atomic mass is 9.90. The van der Waals surface area contributed by atoms with Gasteiger partial charge in [-0.25, -0.2) is 0 Å². The fourth-order valence-corrected chi connectivity index (χ4v) is 2.79. The number of nitrogens with two attached hydrogens (primary N) is 1. The first-order chi connectivity index (χ1) is 10.0. The van der Waals surface area contributed by atoms with Crippen LogP contribution >= 0.6 is 0 Å². The number of para-hydroxylation sites is 2. The van der Waals surface area contributed by atoms with Crippen LogP contribution in [0.15, 0.2) is 24.3 Å². The Bertz CT molecular complexity index is 496. The summed E-state index contributed by atoms with van der Waals surface area (Å²) in [4.78, 5) is 4.86. The molecule has 0 spiro atoms. The molecule has 0 aromatic heterocycles. The van der Waals surface area contributed by atoms with Crippen LogP contribution in [0.4, 0.5) is 11.4 Å². The standard InChI is InChI=1S/C17H26N4/c1-17(2,14-18)8-5-9-20-10-12-21(13-11-20)16-7-4-3-6-15(16)19/h3-4,6-7H,5,8-13,19H2,1-2H3. The van der Waals surface area contributed by atoms with Gasteiger partial charge in [-0.2, -0.15) is 5.26 Å². The van der Waals surface area contributed by atoms with Crippen molar-refractivity contribution in [3.63, 3.8) is 0 Å². The predicted octanol–water partition coefficient (Wildman–Crippen LogP) is 2.72. The van der Waals surface area contributed by atoms with E-state index in [2.05, 4.69) is 21.9 Å². The quantitative estimate of drug-likeness (QED) is 0.846. The van der Waals surface area contributed by atoms with Gasteiger partial charge in [0.05, 0.1) is 22.9 Å². The molecule has 21 heavy (non-hydrogen) atoms. The van der Waals surface area contributed by atoms with Crippen molar-refractivity contribution < 1.29 is 0 Å². The molecule has 4 nitrogen and oxygen atoms in total. The maximum absolute atomic E-state index is 9.04. The maximum Gasteiger partial charge on any atom is 0.0683 e. The highest BCUT2D eigenvalue weighted by Crippen LogP contribution is 2.24. The molecule has 1 fully saturated rings. The topological polar surface area (TPSA) is 56.3 Å². The van der Waals surface area contributed by atoms with Crippen LogP contribution in [-0.2, 0) is 0 Å². The van der Waals surface area contributed by atoms with Crippen molar-refractivity contribution in [2.24, 2.45) is 5.41 Å². The first-order valence-electron chi connectivity index (χ1n) is 7.75. The number of nitriles is 1. The summed E-state index contributed by atoms with van der Waals surface area (Å²) in [5, 5.41) is 9.04. The smallest absolute Gasteiger partial charge is 0.0683 e. The number of hydrogen-bond donors (Lipinski definition) is 1. The van der Waals surface area contributed by atoms with Gasteiger partial charge in [-0.1, -0.05) is 12.1 Å². The van der Waals surface area contributed by atoms with Gasteiger partial charge >= 0.3 is 0 Å². The Balaban J connectivity index is 1.77. The zero-order valence-corrected chi connectivity index (χ0v) is 13.2. The Morgan fingerprint density at radius 2 is 1.86 bits per heavy atom. The maximum atomic E-state index is 9.04. The number of anilines is 2. The van der Waals surface area contributed by atoms with E-state index in [1.54, 1.807) is 0 Å². The molecule has 2 N–H and O–H groups in total. The minimum atomic E-state index is -0.194. The van der Waals surface area contributed by atoms with E-state index in [-0.39, 0.29) is 5.41 Å². The van der Waals surface area contributed by atoms with Crippen LogP contribution in [-0.4, -0.2) is 37.6 Å². The summed E-state index contributed by atoms with van der Waals surface area (Å²) in [7, 11) is 0. The Kier molecular flexibility index (Phi) is 5.08. The largest absolute Gasteiger partial charge is 0.397 e. The molecule has 1 heterocycles. The summed E-state index contributed by atoms with van der Waals surface area (Å²) in [6.07, 6.45) is 2.06. The number of hydrogen-bond acceptors (Lipinski definition) is 4. The van der Waals surface area contributed by atoms with Crippen molar-refractivity contribution in [2.75, 3.05) is 43.4 Å². The summed E-state index contributed by atoms with van der Waals surface area (Å²) >= 11 is 0. The summed E-state index contributed by atoms with van der Waals surface area (Å²) in [6.45, 7) is 9.31. The van der Waals surface area contributed by atoms with Crippen molar-refractivity contribution in [1.82, 2.24) is 4.90 Å². The lowest BCUT2D eigenvalue weighted by Crippen LogP contribution is -2.46. The van der Waals surface area contributed by atoms with E-state index in [9.17, 15) is 0 Å². The van der Waals surface area contributed by atoms with Gasteiger partial charge in [0.1, 0.15) is 0 Å². The average Bonchev–Trinajstić information content (AvgIpc) is 2.48. The van der Waals surface area contributed by atoms with E-state index < -0.39 is 0 Å². The van der Waals surface area contributed by atoms with Crippen molar-refractivity contribution in [2.45, 2.75) is 26.7 Å². The number of nitrogens with zero attached hydrogens (tertiary/aromatic N) is 3. The number of benzene rings is 1. The Morgan fingerprint density at radius 3 is 2.48 bits per heavy atom. The van der Waals surface area contributed by atoms with Gasteiger partial charge in [-0.15, -0.1) is 0 Å². The van der Waals surface area contributed by atoms with Gasteiger partial charge in [-0.05, 0) is 45.4 Å². The zero-order valence-electron chi connectivity index (χ0n) is 13.2. The second kappa shape index (κ2) is 6.82. The fourth-order valence-electron chi connectivity index (χ4n) is 2.79. The summed E-state index contributed by atoms with van der Waals surface area (Å²) in [5.41, 5.74) is 7.87. The minimum Gasteiger partial charge on any atom is -0.397 e. The van der Waals surface area contributed by atoms with Crippen LogP contribution in [0, 0.1) is 16.7 Å². The van der Waals surface area contributed by atoms with Crippen molar-refractivity contribution >= 4 is 11.4 Å². The van der Waals surface area contributed by atoms with Gasteiger partial charge in [0.25, 0.3) is 0 Å². The molecule has 1 aromatic carbocycles. The first-order valence-corrected chi connectivity index (χ1v) is 7.75. The third-order valence-corrected chi connectivity index (χ3v) is 4.23. The van der Waals surface area contributed by atoms with Gasteiger partial charge in [0.2, 0.25) is 0 Å². The SMILES string of the molecule is CC(C)(C#N)CCCN1CCN(c2ccccc2N)CC1. The number of piperazine rings is 1. The molecule has 114 valence electrons. The molecular formula is C17H26N4. The van der Waals surface area contributed by atoms with E-state index in [0.29, 0.717) is 0 Å². The molecule has 0 bridgehead atoms. The van der Waals surface area contributed by atoms with E-state index in [4.69, 9.17) is 11.0 Å². The molecule has 0 saturated carbocycles. The summed E-state index contributed by atoms with van der Waals surface area (Å²) < 4.78 is 0. The second-order valence-corrected chi connectivity index (χ2v) is 6.49. The number of nitrogen functional groups attached to an aromatic ring is 1. The van der Waals surface area contributed by atoms with Crippen LogP contribution in [0.5, 0.6) is 0 Å². The molecule has 1 aromatic rings. The van der Waals surface area contributed by atoms with Crippen LogP contribution in [0.2, 0.25) is 0 Å². The third kappa shape index (κ3) is 4.37. The Hall–Kier alpha value is -1.73. The summed E-state index contributed by atoms with van der Waals surface area (Å²) in [6, 6.07) is 10.5. The van der Waals surface area contributed by atoms with E-state index in [1.807, 2.05) is 32.0 Å². The first kappa shape index (κ1) is 15.7. The van der Waals surface area contributed by atoms with Gasteiger partial charge in [0, 0.05) is 26.2 Å². The molecule has 4 heteroatoms. The zero-order chi connectivity index (χ0) is 15.3. The predicted molar refractivity (Wildman–Crippen MR) is 88.1 cm³/mol. The average molecular weight is 286 g/mol. The lowest BCUT2D eigenvalue weighted by molar-refractivity contribution is 0.243. The minimum absolute atomic E-state index is 0.194. The molecule has 1 aliphatic heterocycles. The highest BCUT2D eigenvalue weighted by atomic mass is 15.3. The van der Waals surface area contributed by atoms with Crippen LogP contribution < -0.4 is 10.6 Å². The van der Waals surface area contributed by atoms with Crippen LogP contribution in [0.25, 0.3) is 0 Å². The van der Waals surface area contributed by atoms with Crippen molar-refractivity contribution in [3.05, 3.63) is 24.3 Å². The summed E-state index contributed by atoms with van der Waals surface area (Å²) in [5.74, 6) is 0. The Morgan fingerprint density at radius 1 is 1.19 bits per heavy atom. The molecule has 1 aliphatic rings. The monoisotopic (exact) mass is 286 g/mol. The Labute approximate surface area is 128 Å². The van der Waals surface area contributed by atoms with Gasteiger partial charge in [0.15, 0.2) is 0 Å². The second-order valence-electron chi connectivity index (χ2n) is 6.49. The third-order valence-electron chi connectivity index (χ3n) is 4.23. The molecular weight excluding hydrogens is 260 g/mol. The molecule has 2 rings (SSSR count). The van der Waals surface area contributed by atoms with Crippen LogP contribution in [0.1, 0.15) is 26.7 Å². The van der Waals surface area contributed by atoms with Gasteiger partial charge in [-0.3, -0.25) is 4.90 Å². The van der Waals surface area contributed by atoms with E-state index in [0.717, 1.165) is 56.9 Å². The van der Waals surface area contributed by atoms with E-state index >= 15 is 0 Å².